The van der Waals surface area contributed by atoms with Gasteiger partial charge in [-0.2, -0.15) is 0 Å². The summed E-state index contributed by atoms with van der Waals surface area (Å²) in [7, 11) is 0. The Morgan fingerprint density at radius 3 is 2.48 bits per heavy atom. The smallest absolute Gasteiger partial charge is 0.172 e. The number of hydrogen-bond acceptors (Lipinski definition) is 4. The maximum absolute atomic E-state index is 12.8. The zero-order valence-electron chi connectivity index (χ0n) is 14.0. The molecule has 4 nitrogen and oxygen atoms in total. The molecule has 0 bridgehead atoms. The monoisotopic (exact) mass is 318 g/mol. The Balaban J connectivity index is 1.73. The Kier molecular flexibility index (Phi) is 3.20. The molecule has 0 aliphatic heterocycles. The van der Waals surface area contributed by atoms with E-state index in [1.807, 2.05) is 0 Å². The highest BCUT2D eigenvalue weighted by atomic mass is 16.3. The highest BCUT2D eigenvalue weighted by Gasteiger charge is 2.64. The Morgan fingerprint density at radius 1 is 1.00 bits per heavy atom. The predicted molar refractivity (Wildman–Crippen MR) is 83.5 cm³/mol. The highest BCUT2D eigenvalue weighted by molar-refractivity contribution is 6.06. The first-order valence-electron chi connectivity index (χ1n) is 9.07. The van der Waals surface area contributed by atoms with Gasteiger partial charge in [0.15, 0.2) is 5.78 Å². The molecule has 1 unspecified atom stereocenters. The van der Waals surface area contributed by atoms with Gasteiger partial charge in [0.2, 0.25) is 0 Å². The van der Waals surface area contributed by atoms with Crippen molar-refractivity contribution in [2.75, 3.05) is 0 Å². The van der Waals surface area contributed by atoms with E-state index in [0.29, 0.717) is 36.9 Å². The van der Waals surface area contributed by atoms with Crippen LogP contribution < -0.4 is 0 Å². The second-order valence-corrected chi connectivity index (χ2v) is 8.86. The maximum Gasteiger partial charge on any atom is 0.172 e. The Hall–Kier alpha value is -1.03. The van der Waals surface area contributed by atoms with E-state index in [4.69, 9.17) is 0 Å². The number of aliphatic hydroxyl groups excluding tert-OH is 1. The molecular weight excluding hydrogens is 292 g/mol. The van der Waals surface area contributed by atoms with Gasteiger partial charge in [-0.3, -0.25) is 14.4 Å². The van der Waals surface area contributed by atoms with Crippen molar-refractivity contribution in [1.29, 1.82) is 0 Å². The molecule has 4 saturated carbocycles. The van der Waals surface area contributed by atoms with Crippen LogP contribution in [0.4, 0.5) is 0 Å². The summed E-state index contributed by atoms with van der Waals surface area (Å²) in [6.07, 6.45) is 4.07. The van der Waals surface area contributed by atoms with Gasteiger partial charge < -0.3 is 5.11 Å². The standard InChI is InChI=1S/C19H26O4/c1-18-7-5-12-10(11(18)3-4-15(18)22)9-14(21)16-17(23)13(20)6-8-19(12,16)2/h10-13,16,20H,3-9H2,1-2H3/t10-,11-,12-,13-,16?,18-,19+/m0/s1. The Bertz CT molecular complexity index is 596. The zero-order valence-corrected chi connectivity index (χ0v) is 14.0. The lowest BCUT2D eigenvalue weighted by Gasteiger charge is -2.58. The van der Waals surface area contributed by atoms with Crippen LogP contribution in [0.15, 0.2) is 0 Å². The molecule has 0 aromatic carbocycles. The molecule has 126 valence electrons. The van der Waals surface area contributed by atoms with E-state index in [1.165, 1.54) is 0 Å². The van der Waals surface area contributed by atoms with E-state index in [0.717, 1.165) is 25.7 Å². The van der Waals surface area contributed by atoms with Crippen molar-refractivity contribution < 1.29 is 19.5 Å². The molecule has 4 fully saturated rings. The van der Waals surface area contributed by atoms with Gasteiger partial charge in [0.05, 0.1) is 5.92 Å². The lowest BCUT2D eigenvalue weighted by molar-refractivity contribution is -0.168. The largest absolute Gasteiger partial charge is 0.385 e. The van der Waals surface area contributed by atoms with Crippen LogP contribution in [0.3, 0.4) is 0 Å². The molecule has 0 aromatic heterocycles. The molecule has 0 heterocycles. The van der Waals surface area contributed by atoms with Crippen LogP contribution in [0.1, 0.15) is 58.8 Å². The molecule has 0 spiro atoms. The van der Waals surface area contributed by atoms with Crippen molar-refractivity contribution in [1.82, 2.24) is 0 Å². The number of carbonyl (C=O) groups is 3. The molecule has 4 aliphatic carbocycles. The summed E-state index contributed by atoms with van der Waals surface area (Å²) < 4.78 is 0. The molecule has 1 N–H and O–H groups in total. The first-order valence-corrected chi connectivity index (χ1v) is 9.07. The van der Waals surface area contributed by atoms with Crippen molar-refractivity contribution in [2.45, 2.75) is 64.9 Å². The van der Waals surface area contributed by atoms with Crippen LogP contribution in [-0.4, -0.2) is 28.6 Å². The second kappa shape index (κ2) is 4.75. The summed E-state index contributed by atoms with van der Waals surface area (Å²) >= 11 is 0. The minimum absolute atomic E-state index is 0.0149. The minimum atomic E-state index is -0.963. The molecule has 4 heteroatoms. The summed E-state index contributed by atoms with van der Waals surface area (Å²) in [5.74, 6) is 0.406. The van der Waals surface area contributed by atoms with Crippen LogP contribution >= 0.6 is 0 Å². The van der Waals surface area contributed by atoms with Crippen LogP contribution in [0.2, 0.25) is 0 Å². The van der Waals surface area contributed by atoms with E-state index < -0.39 is 12.0 Å². The molecule has 0 radical (unpaired) electrons. The average molecular weight is 318 g/mol. The fourth-order valence-corrected chi connectivity index (χ4v) is 6.69. The van der Waals surface area contributed by atoms with E-state index in [9.17, 15) is 19.5 Å². The molecule has 4 aliphatic rings. The molecule has 7 atom stereocenters. The molecule has 23 heavy (non-hydrogen) atoms. The molecule has 0 aromatic rings. The van der Waals surface area contributed by atoms with Gasteiger partial charge in [-0.15, -0.1) is 0 Å². The van der Waals surface area contributed by atoms with E-state index >= 15 is 0 Å². The van der Waals surface area contributed by atoms with Crippen LogP contribution in [0, 0.1) is 34.5 Å². The first-order chi connectivity index (χ1) is 10.8. The van der Waals surface area contributed by atoms with Gasteiger partial charge in [0.1, 0.15) is 17.7 Å². The Morgan fingerprint density at radius 2 is 1.74 bits per heavy atom. The van der Waals surface area contributed by atoms with Crippen LogP contribution in [-0.2, 0) is 14.4 Å². The van der Waals surface area contributed by atoms with Crippen molar-refractivity contribution >= 4 is 17.3 Å². The molecule has 0 saturated heterocycles. The number of hydrogen-bond donors (Lipinski definition) is 1. The van der Waals surface area contributed by atoms with Crippen molar-refractivity contribution in [3.63, 3.8) is 0 Å². The zero-order chi connectivity index (χ0) is 16.6. The van der Waals surface area contributed by atoms with Crippen molar-refractivity contribution in [3.8, 4) is 0 Å². The van der Waals surface area contributed by atoms with Crippen LogP contribution in [0.25, 0.3) is 0 Å². The molecule has 4 rings (SSSR count). The summed E-state index contributed by atoms with van der Waals surface area (Å²) in [4.78, 5) is 37.6. The number of ketones is 3. The number of aliphatic hydroxyl groups is 1. The SMILES string of the molecule is C[C@]12CC[C@H](O)C(=O)C1C(=O)C[C@@H]1[C@@H]2CC[C@]2(C)C(=O)CC[C@@H]12. The minimum Gasteiger partial charge on any atom is -0.385 e. The maximum atomic E-state index is 12.8. The lowest BCUT2D eigenvalue weighted by atomic mass is 9.44. The van der Waals surface area contributed by atoms with Gasteiger partial charge in [-0.1, -0.05) is 13.8 Å². The summed E-state index contributed by atoms with van der Waals surface area (Å²) in [5, 5.41) is 9.92. The third-order valence-corrected chi connectivity index (χ3v) is 7.98. The first kappa shape index (κ1) is 15.5. The van der Waals surface area contributed by atoms with E-state index in [1.54, 1.807) is 0 Å². The van der Waals surface area contributed by atoms with Gasteiger partial charge in [-0.25, -0.2) is 0 Å². The topological polar surface area (TPSA) is 71.4 Å². The summed E-state index contributed by atoms with van der Waals surface area (Å²) in [6.45, 7) is 4.19. The fraction of sp³-hybridized carbons (Fsp3) is 0.842. The van der Waals surface area contributed by atoms with Gasteiger partial charge in [0, 0.05) is 18.3 Å². The van der Waals surface area contributed by atoms with Crippen molar-refractivity contribution in [3.05, 3.63) is 0 Å². The quantitative estimate of drug-likeness (QED) is 0.696. The number of fused-ring (bicyclic) bond motifs is 5. The third kappa shape index (κ3) is 1.84. The lowest BCUT2D eigenvalue weighted by Crippen LogP contribution is -2.60. The summed E-state index contributed by atoms with van der Waals surface area (Å²) in [5.41, 5.74) is -0.563. The van der Waals surface area contributed by atoms with Gasteiger partial charge in [0.25, 0.3) is 0 Å². The molecule has 0 amide bonds. The highest BCUT2D eigenvalue weighted by Crippen LogP contribution is 2.64. The predicted octanol–water partition coefficient (Wildman–Crippen LogP) is 2.32. The van der Waals surface area contributed by atoms with Gasteiger partial charge >= 0.3 is 0 Å². The van der Waals surface area contributed by atoms with Crippen molar-refractivity contribution in [2.24, 2.45) is 34.5 Å². The number of Topliss-reactive ketones (excluding diaryl/α,β-unsaturated/α-hetero) is 3. The van der Waals surface area contributed by atoms with Gasteiger partial charge in [-0.05, 0) is 55.3 Å². The number of rotatable bonds is 0. The Labute approximate surface area is 137 Å². The summed E-state index contributed by atoms with van der Waals surface area (Å²) in [6, 6.07) is 0. The van der Waals surface area contributed by atoms with E-state index in [-0.39, 0.29) is 28.3 Å². The number of carbonyl (C=O) groups excluding carboxylic acids is 3. The average Bonchev–Trinajstić information content (AvgIpc) is 2.79. The second-order valence-electron chi connectivity index (χ2n) is 8.86. The molecular formula is C19H26O4. The normalized spacial score (nSPS) is 52.8. The fourth-order valence-electron chi connectivity index (χ4n) is 6.69. The van der Waals surface area contributed by atoms with Crippen LogP contribution in [0.5, 0.6) is 0 Å². The third-order valence-electron chi connectivity index (χ3n) is 7.98. The van der Waals surface area contributed by atoms with E-state index in [2.05, 4.69) is 13.8 Å².